The highest BCUT2D eigenvalue weighted by Gasteiger charge is 2.20. The van der Waals surface area contributed by atoms with Crippen LogP contribution < -0.4 is 16.0 Å². The summed E-state index contributed by atoms with van der Waals surface area (Å²) in [6.07, 6.45) is 0.645. The average molecular weight is 342 g/mol. The van der Waals surface area contributed by atoms with Crippen molar-refractivity contribution in [1.82, 2.24) is 0 Å². The van der Waals surface area contributed by atoms with Gasteiger partial charge in [0, 0.05) is 17.9 Å². The summed E-state index contributed by atoms with van der Waals surface area (Å²) in [6, 6.07) is 6.66. The van der Waals surface area contributed by atoms with Gasteiger partial charge in [-0.2, -0.15) is 0 Å². The molecule has 1 aromatic carbocycles. The Bertz CT molecular complexity index is 534. The topological polar surface area (TPSA) is 84.7 Å². The van der Waals surface area contributed by atoms with Crippen LogP contribution in [0, 0.1) is 5.92 Å². The lowest BCUT2D eigenvalue weighted by Crippen LogP contribution is -2.41. The maximum Gasteiger partial charge on any atom is 0.253 e. The monoisotopic (exact) mass is 341 g/mol. The molecule has 2 amide bonds. The molecule has 0 aliphatic carbocycles. The van der Waals surface area contributed by atoms with Crippen molar-refractivity contribution in [3.05, 3.63) is 24.3 Å². The van der Waals surface area contributed by atoms with Gasteiger partial charge in [-0.1, -0.05) is 13.8 Å². The molecule has 1 aliphatic heterocycles. The number of hydrogen-bond acceptors (Lipinski definition) is 4. The maximum absolute atomic E-state index is 12.0. The Labute approximate surface area is 142 Å². The molecule has 1 aliphatic rings. The first-order valence-electron chi connectivity index (χ1n) is 7.52. The highest BCUT2D eigenvalue weighted by Crippen LogP contribution is 2.20. The van der Waals surface area contributed by atoms with Gasteiger partial charge >= 0.3 is 0 Å². The number of carbonyl (C=O) groups excluding carboxylic acids is 2. The molecule has 0 spiro atoms. The molecular weight excluding hydrogens is 318 g/mol. The van der Waals surface area contributed by atoms with Gasteiger partial charge in [0.05, 0.1) is 12.6 Å². The van der Waals surface area contributed by atoms with E-state index in [1.807, 2.05) is 26.0 Å². The van der Waals surface area contributed by atoms with Gasteiger partial charge in [-0.15, -0.1) is 12.4 Å². The predicted octanol–water partition coefficient (Wildman–Crippen LogP) is 1.78. The average Bonchev–Trinajstić information content (AvgIpc) is 2.48. The molecule has 1 atom stereocenters. The van der Waals surface area contributed by atoms with E-state index in [0.717, 1.165) is 5.69 Å². The van der Waals surface area contributed by atoms with Gasteiger partial charge in [0.15, 0.2) is 0 Å². The van der Waals surface area contributed by atoms with Gasteiger partial charge in [-0.25, -0.2) is 0 Å². The van der Waals surface area contributed by atoms with E-state index in [-0.39, 0.29) is 30.8 Å². The minimum absolute atomic E-state index is 0. The molecule has 23 heavy (non-hydrogen) atoms. The second-order valence-corrected chi connectivity index (χ2v) is 5.87. The van der Waals surface area contributed by atoms with Crippen molar-refractivity contribution in [3.63, 3.8) is 0 Å². The minimum atomic E-state index is -0.513. The maximum atomic E-state index is 12.0. The third-order valence-corrected chi connectivity index (χ3v) is 3.49. The largest absolute Gasteiger partial charge is 0.370 e. The van der Waals surface area contributed by atoms with Crippen molar-refractivity contribution in [3.8, 4) is 0 Å². The van der Waals surface area contributed by atoms with Gasteiger partial charge < -0.3 is 20.7 Å². The first-order valence-corrected chi connectivity index (χ1v) is 7.52. The fourth-order valence-corrected chi connectivity index (χ4v) is 2.37. The van der Waals surface area contributed by atoms with Crippen LogP contribution in [-0.2, 0) is 14.3 Å². The van der Waals surface area contributed by atoms with Crippen LogP contribution in [-0.4, -0.2) is 37.6 Å². The van der Waals surface area contributed by atoms with Crippen molar-refractivity contribution in [2.45, 2.75) is 26.3 Å². The molecule has 2 rings (SSSR count). The molecule has 1 fully saturated rings. The van der Waals surface area contributed by atoms with Gasteiger partial charge in [-0.05, 0) is 36.6 Å². The van der Waals surface area contributed by atoms with Crippen LogP contribution in [0.1, 0.15) is 20.3 Å². The van der Waals surface area contributed by atoms with E-state index in [1.165, 1.54) is 0 Å². The Morgan fingerprint density at radius 2 is 2.00 bits per heavy atom. The van der Waals surface area contributed by atoms with Gasteiger partial charge in [0.25, 0.3) is 5.91 Å². The summed E-state index contributed by atoms with van der Waals surface area (Å²) >= 11 is 0. The Morgan fingerprint density at radius 3 is 2.57 bits per heavy atom. The van der Waals surface area contributed by atoms with Crippen LogP contribution in [0.25, 0.3) is 0 Å². The summed E-state index contributed by atoms with van der Waals surface area (Å²) in [5.74, 6) is 0.126. The van der Waals surface area contributed by atoms with Crippen molar-refractivity contribution >= 4 is 35.6 Å². The Hall–Kier alpha value is -1.63. The van der Waals surface area contributed by atoms with Crippen molar-refractivity contribution in [1.29, 1.82) is 0 Å². The third kappa shape index (κ3) is 5.49. The number of halogens is 1. The molecule has 3 N–H and O–H groups in total. The van der Waals surface area contributed by atoms with Crippen LogP contribution in [0.15, 0.2) is 24.3 Å². The summed E-state index contributed by atoms with van der Waals surface area (Å²) in [7, 11) is 0. The van der Waals surface area contributed by atoms with E-state index in [1.54, 1.807) is 17.0 Å². The molecule has 1 heterocycles. The second-order valence-electron chi connectivity index (χ2n) is 5.87. The zero-order valence-electron chi connectivity index (χ0n) is 13.5. The fourth-order valence-electron chi connectivity index (χ4n) is 2.37. The van der Waals surface area contributed by atoms with Crippen LogP contribution >= 0.6 is 12.4 Å². The van der Waals surface area contributed by atoms with Crippen LogP contribution in [0.4, 0.5) is 11.4 Å². The number of anilines is 2. The number of carbonyl (C=O) groups is 2. The molecule has 1 aromatic rings. The lowest BCUT2D eigenvalue weighted by atomic mass is 10.0. The number of benzene rings is 1. The molecule has 0 bridgehead atoms. The SMILES string of the molecule is CC(C)CC(N)C(=O)Nc1ccc(N2CCOCC2=O)cc1.Cl. The lowest BCUT2D eigenvalue weighted by molar-refractivity contribution is -0.125. The summed E-state index contributed by atoms with van der Waals surface area (Å²) in [5, 5.41) is 2.80. The molecule has 7 heteroatoms. The summed E-state index contributed by atoms with van der Waals surface area (Å²) in [6.45, 7) is 5.25. The van der Waals surface area contributed by atoms with Gasteiger partial charge in [0.1, 0.15) is 6.61 Å². The second kappa shape index (κ2) is 8.86. The number of nitrogens with zero attached hydrogens (tertiary/aromatic N) is 1. The third-order valence-electron chi connectivity index (χ3n) is 3.49. The number of rotatable bonds is 5. The summed E-state index contributed by atoms with van der Waals surface area (Å²) in [4.78, 5) is 25.4. The lowest BCUT2D eigenvalue weighted by Gasteiger charge is -2.27. The van der Waals surface area contributed by atoms with E-state index < -0.39 is 6.04 Å². The number of morpholine rings is 1. The molecule has 0 radical (unpaired) electrons. The van der Waals surface area contributed by atoms with Crippen molar-refractivity contribution < 1.29 is 14.3 Å². The molecule has 0 aromatic heterocycles. The predicted molar refractivity (Wildman–Crippen MR) is 92.9 cm³/mol. The first-order chi connectivity index (χ1) is 10.5. The van der Waals surface area contributed by atoms with Crippen LogP contribution in [0.3, 0.4) is 0 Å². The standard InChI is InChI=1S/C16H23N3O3.ClH/c1-11(2)9-14(17)16(21)18-12-3-5-13(6-4-12)19-7-8-22-10-15(19)20;/h3-6,11,14H,7-10,17H2,1-2H3,(H,18,21);1H. The highest BCUT2D eigenvalue weighted by molar-refractivity contribution is 5.96. The fraction of sp³-hybridized carbons (Fsp3) is 0.500. The molecule has 1 saturated heterocycles. The van der Waals surface area contributed by atoms with Crippen LogP contribution in [0.2, 0.25) is 0 Å². The zero-order chi connectivity index (χ0) is 16.1. The summed E-state index contributed by atoms with van der Waals surface area (Å²) in [5.41, 5.74) is 7.33. The normalized spacial score (nSPS) is 16.0. The quantitative estimate of drug-likeness (QED) is 0.855. The van der Waals surface area contributed by atoms with Crippen molar-refractivity contribution in [2.24, 2.45) is 11.7 Å². The summed E-state index contributed by atoms with van der Waals surface area (Å²) < 4.78 is 5.11. The number of amides is 2. The smallest absolute Gasteiger partial charge is 0.253 e. The van der Waals surface area contributed by atoms with Gasteiger partial charge in [-0.3, -0.25) is 9.59 Å². The number of hydrogen-bond donors (Lipinski definition) is 2. The molecule has 0 saturated carbocycles. The van der Waals surface area contributed by atoms with E-state index in [2.05, 4.69) is 5.32 Å². The minimum Gasteiger partial charge on any atom is -0.370 e. The van der Waals surface area contributed by atoms with Gasteiger partial charge in [0.2, 0.25) is 5.91 Å². The van der Waals surface area contributed by atoms with Crippen LogP contribution in [0.5, 0.6) is 0 Å². The molecule has 1 unspecified atom stereocenters. The number of nitrogens with one attached hydrogen (secondary N) is 1. The van der Waals surface area contributed by atoms with E-state index in [4.69, 9.17) is 10.5 Å². The van der Waals surface area contributed by atoms with E-state index in [9.17, 15) is 9.59 Å². The number of nitrogens with two attached hydrogens (primary N) is 1. The van der Waals surface area contributed by atoms with E-state index >= 15 is 0 Å². The molecular formula is C16H24ClN3O3. The Morgan fingerprint density at radius 1 is 1.35 bits per heavy atom. The van der Waals surface area contributed by atoms with Crippen molar-refractivity contribution in [2.75, 3.05) is 30.0 Å². The molecule has 6 nitrogen and oxygen atoms in total. The molecule has 128 valence electrons. The number of ether oxygens (including phenoxy) is 1. The van der Waals surface area contributed by atoms with E-state index in [0.29, 0.717) is 31.2 Å². The Kier molecular flexibility index (Phi) is 7.48. The Balaban J connectivity index is 0.00000264. The zero-order valence-corrected chi connectivity index (χ0v) is 14.3. The first kappa shape index (κ1) is 19.4. The highest BCUT2D eigenvalue weighted by atomic mass is 35.5.